The average molecular weight is 359 g/mol. The van der Waals surface area contributed by atoms with Crippen LogP contribution in [0.4, 0.5) is 0 Å². The summed E-state index contributed by atoms with van der Waals surface area (Å²) in [5.41, 5.74) is 1.16. The molecule has 1 unspecified atom stereocenters. The van der Waals surface area contributed by atoms with E-state index in [4.69, 9.17) is 11.6 Å². The zero-order valence-corrected chi connectivity index (χ0v) is 14.2. The Morgan fingerprint density at radius 2 is 2.11 bits per heavy atom. The van der Waals surface area contributed by atoms with Crippen LogP contribution in [0.1, 0.15) is 31.2 Å². The molecule has 102 valence electrons. The lowest BCUT2D eigenvalue weighted by Gasteiger charge is -2.10. The Morgan fingerprint density at radius 3 is 2.84 bits per heavy atom. The second kappa shape index (κ2) is 6.89. The Morgan fingerprint density at radius 1 is 1.32 bits per heavy atom. The summed E-state index contributed by atoms with van der Waals surface area (Å²) in [6.07, 6.45) is 1.16. The highest BCUT2D eigenvalue weighted by Gasteiger charge is 2.12. The normalized spacial score (nSPS) is 12.6. The molecule has 0 radical (unpaired) electrons. The van der Waals surface area contributed by atoms with Crippen LogP contribution in [-0.2, 0) is 0 Å². The molecule has 4 heteroatoms. The Bertz CT molecular complexity index is 553. The van der Waals surface area contributed by atoms with E-state index in [9.17, 15) is 0 Å². The number of nitrogens with one attached hydrogen (secondary N) is 1. The molecule has 1 aromatic carbocycles. The summed E-state index contributed by atoms with van der Waals surface area (Å²) in [6, 6.07) is 10.7. The molecule has 0 bridgehead atoms. The van der Waals surface area contributed by atoms with Gasteiger partial charge < -0.3 is 5.32 Å². The van der Waals surface area contributed by atoms with Gasteiger partial charge in [0, 0.05) is 25.8 Å². The number of halogens is 2. The van der Waals surface area contributed by atoms with Crippen LogP contribution in [0.2, 0.25) is 5.02 Å². The van der Waals surface area contributed by atoms with E-state index < -0.39 is 0 Å². The molecule has 0 aliphatic carbocycles. The van der Waals surface area contributed by atoms with Crippen molar-refractivity contribution in [2.75, 3.05) is 6.54 Å². The molecule has 19 heavy (non-hydrogen) atoms. The summed E-state index contributed by atoms with van der Waals surface area (Å²) in [4.78, 5) is 2.60. The van der Waals surface area contributed by atoms with Crippen LogP contribution < -0.4 is 5.32 Å². The first-order valence-corrected chi connectivity index (χ1v) is 8.39. The summed E-state index contributed by atoms with van der Waals surface area (Å²) < 4.78 is 0.972. The number of rotatable bonds is 5. The van der Waals surface area contributed by atoms with Crippen LogP contribution in [0.15, 0.2) is 34.8 Å². The van der Waals surface area contributed by atoms with Crippen LogP contribution >= 0.6 is 38.9 Å². The molecule has 2 aromatic rings. The summed E-state index contributed by atoms with van der Waals surface area (Å²) in [7, 11) is 0. The maximum Gasteiger partial charge on any atom is 0.0554 e. The van der Waals surface area contributed by atoms with Gasteiger partial charge in [-0.1, -0.05) is 30.7 Å². The molecule has 0 fully saturated rings. The number of thiophene rings is 1. The lowest BCUT2D eigenvalue weighted by molar-refractivity contribution is 0.578. The highest BCUT2D eigenvalue weighted by atomic mass is 79.9. The van der Waals surface area contributed by atoms with Crippen molar-refractivity contribution in [1.82, 2.24) is 5.32 Å². The van der Waals surface area contributed by atoms with Crippen LogP contribution in [-0.4, -0.2) is 6.54 Å². The maximum absolute atomic E-state index is 6.15. The van der Waals surface area contributed by atoms with Gasteiger partial charge in [0.1, 0.15) is 0 Å². The van der Waals surface area contributed by atoms with Gasteiger partial charge in [-0.2, -0.15) is 0 Å². The molecule has 0 spiro atoms. The van der Waals surface area contributed by atoms with Crippen LogP contribution in [0.25, 0.3) is 10.4 Å². The first-order chi connectivity index (χ1) is 9.13. The van der Waals surface area contributed by atoms with Gasteiger partial charge in [-0.25, -0.2) is 0 Å². The highest BCUT2D eigenvalue weighted by Crippen LogP contribution is 2.38. The predicted molar refractivity (Wildman–Crippen MR) is 89.2 cm³/mol. The van der Waals surface area contributed by atoms with Gasteiger partial charge in [0.2, 0.25) is 0 Å². The highest BCUT2D eigenvalue weighted by molar-refractivity contribution is 9.10. The van der Waals surface area contributed by atoms with Crippen molar-refractivity contribution in [2.24, 2.45) is 0 Å². The number of hydrogen-bond donors (Lipinski definition) is 1. The van der Waals surface area contributed by atoms with Gasteiger partial charge in [0.05, 0.1) is 5.02 Å². The third-order valence-corrected chi connectivity index (χ3v) is 5.67. The molecule has 1 N–H and O–H groups in total. The predicted octanol–water partition coefficient (Wildman–Crippen LogP) is 5.89. The minimum absolute atomic E-state index is 0.400. The van der Waals surface area contributed by atoms with Crippen molar-refractivity contribution in [3.8, 4) is 10.4 Å². The van der Waals surface area contributed by atoms with Gasteiger partial charge in [-0.3, -0.25) is 0 Å². The van der Waals surface area contributed by atoms with E-state index in [1.54, 1.807) is 0 Å². The van der Waals surface area contributed by atoms with Crippen molar-refractivity contribution in [1.29, 1.82) is 0 Å². The van der Waals surface area contributed by atoms with E-state index in [0.29, 0.717) is 6.04 Å². The molecule has 0 saturated carbocycles. The second-order valence-corrected chi connectivity index (χ2v) is 6.79. The fraction of sp³-hybridized carbons (Fsp3) is 0.333. The molecular weight excluding hydrogens is 342 g/mol. The Labute approximate surface area is 132 Å². The maximum atomic E-state index is 6.15. The molecule has 0 saturated heterocycles. The van der Waals surface area contributed by atoms with E-state index in [-0.39, 0.29) is 0 Å². The minimum Gasteiger partial charge on any atom is -0.309 e. The topological polar surface area (TPSA) is 12.0 Å². The third kappa shape index (κ3) is 3.60. The Balaban J connectivity index is 2.23. The summed E-state index contributed by atoms with van der Waals surface area (Å²) in [5.74, 6) is 0. The smallest absolute Gasteiger partial charge is 0.0554 e. The first-order valence-electron chi connectivity index (χ1n) is 6.41. The SMILES string of the molecule is CCCNC(C)c1ccc(-c2cccc(Cl)c2Br)s1. The lowest BCUT2D eigenvalue weighted by atomic mass is 10.2. The van der Waals surface area contributed by atoms with E-state index in [1.165, 1.54) is 9.75 Å². The third-order valence-electron chi connectivity index (χ3n) is 2.97. The molecular formula is C15H17BrClNS. The van der Waals surface area contributed by atoms with Crippen molar-refractivity contribution in [2.45, 2.75) is 26.3 Å². The van der Waals surface area contributed by atoms with Crippen molar-refractivity contribution in [3.05, 3.63) is 44.7 Å². The van der Waals surface area contributed by atoms with E-state index in [1.807, 2.05) is 23.5 Å². The number of hydrogen-bond acceptors (Lipinski definition) is 2. The average Bonchev–Trinajstić information content (AvgIpc) is 2.88. The van der Waals surface area contributed by atoms with Gasteiger partial charge in [-0.05, 0) is 54.0 Å². The number of benzene rings is 1. The van der Waals surface area contributed by atoms with Crippen LogP contribution in [0.5, 0.6) is 0 Å². The molecule has 1 aromatic heterocycles. The minimum atomic E-state index is 0.400. The second-order valence-electron chi connectivity index (χ2n) is 4.48. The molecule has 0 amide bonds. The molecule has 0 aliphatic rings. The van der Waals surface area contributed by atoms with Gasteiger partial charge in [-0.15, -0.1) is 11.3 Å². The van der Waals surface area contributed by atoms with E-state index in [0.717, 1.165) is 28.0 Å². The zero-order valence-electron chi connectivity index (χ0n) is 11.0. The Hall–Kier alpha value is -0.350. The lowest BCUT2D eigenvalue weighted by Crippen LogP contribution is -2.18. The van der Waals surface area contributed by atoms with Crippen molar-refractivity contribution >= 4 is 38.9 Å². The Kier molecular flexibility index (Phi) is 5.46. The van der Waals surface area contributed by atoms with Crippen molar-refractivity contribution in [3.63, 3.8) is 0 Å². The molecule has 1 heterocycles. The molecule has 0 aliphatic heterocycles. The zero-order chi connectivity index (χ0) is 13.8. The van der Waals surface area contributed by atoms with E-state index >= 15 is 0 Å². The quantitative estimate of drug-likeness (QED) is 0.702. The molecule has 1 atom stereocenters. The molecule has 1 nitrogen and oxygen atoms in total. The largest absolute Gasteiger partial charge is 0.309 e. The van der Waals surface area contributed by atoms with Gasteiger partial charge >= 0.3 is 0 Å². The fourth-order valence-corrected chi connectivity index (χ4v) is 3.74. The summed E-state index contributed by atoms with van der Waals surface area (Å²) in [6.45, 7) is 5.44. The van der Waals surface area contributed by atoms with Crippen molar-refractivity contribution < 1.29 is 0 Å². The first kappa shape index (κ1) is 15.0. The van der Waals surface area contributed by atoms with Crippen LogP contribution in [0.3, 0.4) is 0 Å². The standard InChI is InChI=1S/C15H17BrClNS/c1-3-9-18-10(2)13-7-8-14(19-13)11-5-4-6-12(17)15(11)16/h4-8,10,18H,3,9H2,1-2H3. The fourth-order valence-electron chi connectivity index (χ4n) is 1.89. The van der Waals surface area contributed by atoms with Crippen LogP contribution in [0, 0.1) is 0 Å². The summed E-state index contributed by atoms with van der Waals surface area (Å²) >= 11 is 11.5. The van der Waals surface area contributed by atoms with Gasteiger partial charge in [0.15, 0.2) is 0 Å². The van der Waals surface area contributed by atoms with Gasteiger partial charge in [0.25, 0.3) is 0 Å². The molecule has 2 rings (SSSR count). The monoisotopic (exact) mass is 357 g/mol. The summed E-state index contributed by atoms with van der Waals surface area (Å²) in [5, 5.41) is 4.27. The van der Waals surface area contributed by atoms with E-state index in [2.05, 4.69) is 53.3 Å².